The molecule has 0 saturated carbocycles. The van der Waals surface area contributed by atoms with Crippen LogP contribution in [0.2, 0.25) is 0 Å². The molecule has 2 aromatic carbocycles. The van der Waals surface area contributed by atoms with Gasteiger partial charge in [-0.25, -0.2) is 12.6 Å². The fourth-order valence-electron chi connectivity index (χ4n) is 1.80. The number of sulfone groups is 1. The second-order valence-corrected chi connectivity index (χ2v) is 7.54. The molecule has 0 aliphatic heterocycles. The van der Waals surface area contributed by atoms with Crippen molar-refractivity contribution in [3.8, 4) is 0 Å². The topological polar surface area (TPSA) is 124 Å². The van der Waals surface area contributed by atoms with Crippen LogP contribution in [0.25, 0.3) is 10.8 Å². The summed E-state index contributed by atoms with van der Waals surface area (Å²) in [6.07, 6.45) is 0. The molecular weight excluding hydrogens is 318 g/mol. The van der Waals surface area contributed by atoms with Gasteiger partial charge in [0, 0.05) is 5.69 Å². The SMILES string of the molecule is Nc1ccc2cc(S(=O)(=O)CCOS(=O)(=O)O)ccc2c1. The summed E-state index contributed by atoms with van der Waals surface area (Å²) in [6, 6.07) is 9.55. The van der Waals surface area contributed by atoms with Gasteiger partial charge in [0.15, 0.2) is 9.84 Å². The van der Waals surface area contributed by atoms with Crippen molar-refractivity contribution in [3.05, 3.63) is 36.4 Å². The van der Waals surface area contributed by atoms with E-state index in [1.54, 1.807) is 24.3 Å². The molecule has 0 aromatic heterocycles. The molecule has 9 heteroatoms. The van der Waals surface area contributed by atoms with Gasteiger partial charge in [0.05, 0.1) is 17.3 Å². The number of hydrogen-bond donors (Lipinski definition) is 2. The zero-order chi connectivity index (χ0) is 15.7. The molecule has 0 heterocycles. The third-order valence-corrected chi connectivity index (χ3v) is 4.92. The largest absolute Gasteiger partial charge is 0.399 e. The molecule has 21 heavy (non-hydrogen) atoms. The molecule has 0 aliphatic rings. The lowest BCUT2D eigenvalue weighted by atomic mass is 10.1. The van der Waals surface area contributed by atoms with E-state index in [2.05, 4.69) is 4.18 Å². The maximum Gasteiger partial charge on any atom is 0.397 e. The minimum atomic E-state index is -4.65. The maximum absolute atomic E-state index is 12.0. The Balaban J connectivity index is 2.26. The average Bonchev–Trinajstić information content (AvgIpc) is 2.36. The van der Waals surface area contributed by atoms with E-state index in [4.69, 9.17) is 10.3 Å². The van der Waals surface area contributed by atoms with Crippen LogP contribution in [0.5, 0.6) is 0 Å². The van der Waals surface area contributed by atoms with Crippen molar-refractivity contribution in [3.63, 3.8) is 0 Å². The van der Waals surface area contributed by atoms with E-state index in [-0.39, 0.29) is 4.90 Å². The fourth-order valence-corrected chi connectivity index (χ4v) is 3.32. The van der Waals surface area contributed by atoms with Gasteiger partial charge in [0.1, 0.15) is 0 Å². The molecule has 0 unspecified atom stereocenters. The van der Waals surface area contributed by atoms with Gasteiger partial charge in [-0.2, -0.15) is 8.42 Å². The highest BCUT2D eigenvalue weighted by Crippen LogP contribution is 2.22. The summed E-state index contributed by atoms with van der Waals surface area (Å²) >= 11 is 0. The first kappa shape index (κ1) is 15.7. The highest BCUT2D eigenvalue weighted by atomic mass is 32.3. The van der Waals surface area contributed by atoms with E-state index in [9.17, 15) is 16.8 Å². The molecular formula is C12H13NO6S2. The lowest BCUT2D eigenvalue weighted by molar-refractivity contribution is 0.284. The molecule has 0 radical (unpaired) electrons. The van der Waals surface area contributed by atoms with Crippen LogP contribution in [-0.2, 0) is 24.4 Å². The lowest BCUT2D eigenvalue weighted by Crippen LogP contribution is -2.15. The summed E-state index contributed by atoms with van der Waals surface area (Å²) in [5.74, 6) is -0.562. The Labute approximate surface area is 122 Å². The summed E-state index contributed by atoms with van der Waals surface area (Å²) in [4.78, 5) is 0.0405. The van der Waals surface area contributed by atoms with Gasteiger partial charge in [0.25, 0.3) is 0 Å². The average molecular weight is 331 g/mol. The number of benzene rings is 2. The molecule has 0 fully saturated rings. The first-order valence-corrected chi connectivity index (χ1v) is 8.83. The van der Waals surface area contributed by atoms with Gasteiger partial charge in [0.2, 0.25) is 0 Å². The summed E-state index contributed by atoms with van der Waals surface area (Å²) in [7, 11) is -8.36. The van der Waals surface area contributed by atoms with Crippen LogP contribution in [-0.4, -0.2) is 33.7 Å². The molecule has 114 valence electrons. The van der Waals surface area contributed by atoms with Gasteiger partial charge in [-0.3, -0.25) is 4.55 Å². The van der Waals surface area contributed by atoms with Gasteiger partial charge in [-0.15, -0.1) is 0 Å². The second kappa shape index (κ2) is 5.60. The summed E-state index contributed by atoms with van der Waals surface area (Å²) in [6.45, 7) is -0.652. The normalized spacial score (nSPS) is 12.6. The van der Waals surface area contributed by atoms with Crippen LogP contribution in [0.3, 0.4) is 0 Å². The number of hydrogen-bond acceptors (Lipinski definition) is 6. The molecule has 0 aliphatic carbocycles. The molecule has 7 nitrogen and oxygen atoms in total. The Bertz CT molecular complexity index is 874. The van der Waals surface area contributed by atoms with Crippen molar-refractivity contribution in [2.24, 2.45) is 0 Å². The lowest BCUT2D eigenvalue weighted by Gasteiger charge is -2.06. The van der Waals surface area contributed by atoms with Crippen LogP contribution in [0.15, 0.2) is 41.3 Å². The van der Waals surface area contributed by atoms with Crippen LogP contribution >= 0.6 is 0 Å². The quantitative estimate of drug-likeness (QED) is 0.619. The van der Waals surface area contributed by atoms with Crippen molar-refractivity contribution >= 4 is 36.7 Å². The Morgan fingerprint density at radius 1 is 1.00 bits per heavy atom. The first-order valence-electron chi connectivity index (χ1n) is 5.81. The van der Waals surface area contributed by atoms with E-state index in [1.807, 2.05) is 0 Å². The highest BCUT2D eigenvalue weighted by Gasteiger charge is 2.16. The molecule has 0 spiro atoms. The van der Waals surface area contributed by atoms with Gasteiger partial charge in [-0.05, 0) is 35.0 Å². The molecule has 2 aromatic rings. The summed E-state index contributed by atoms with van der Waals surface area (Å²) < 4.78 is 57.3. The Morgan fingerprint density at radius 3 is 2.29 bits per heavy atom. The second-order valence-electron chi connectivity index (χ2n) is 4.34. The van der Waals surface area contributed by atoms with Gasteiger partial charge in [-0.1, -0.05) is 12.1 Å². The van der Waals surface area contributed by atoms with E-state index in [0.29, 0.717) is 11.1 Å². The van der Waals surface area contributed by atoms with Crippen LogP contribution < -0.4 is 5.73 Å². The van der Waals surface area contributed by atoms with Crippen molar-refractivity contribution in [1.29, 1.82) is 0 Å². The first-order chi connectivity index (χ1) is 9.67. The predicted octanol–water partition coefficient (Wildman–Crippen LogP) is 1.02. The van der Waals surface area contributed by atoms with Crippen molar-refractivity contribution in [1.82, 2.24) is 0 Å². The van der Waals surface area contributed by atoms with E-state index in [0.717, 1.165) is 5.39 Å². The highest BCUT2D eigenvalue weighted by molar-refractivity contribution is 7.91. The molecule has 0 amide bonds. The van der Waals surface area contributed by atoms with E-state index in [1.165, 1.54) is 12.1 Å². The molecule has 0 saturated heterocycles. The van der Waals surface area contributed by atoms with E-state index >= 15 is 0 Å². The fraction of sp³-hybridized carbons (Fsp3) is 0.167. The third-order valence-electron chi connectivity index (χ3n) is 2.78. The minimum Gasteiger partial charge on any atom is -0.399 e. The number of nitrogen functional groups attached to an aromatic ring is 1. The maximum atomic E-state index is 12.0. The number of fused-ring (bicyclic) bond motifs is 1. The number of rotatable bonds is 5. The Hall–Kier alpha value is -1.68. The van der Waals surface area contributed by atoms with Crippen LogP contribution in [0.1, 0.15) is 0 Å². The smallest absolute Gasteiger partial charge is 0.397 e. The van der Waals surface area contributed by atoms with E-state index < -0.39 is 32.6 Å². The Kier molecular flexibility index (Phi) is 4.19. The van der Waals surface area contributed by atoms with Gasteiger partial charge >= 0.3 is 10.4 Å². The van der Waals surface area contributed by atoms with Crippen molar-refractivity contribution < 1.29 is 25.6 Å². The predicted molar refractivity (Wildman–Crippen MR) is 77.9 cm³/mol. The molecule has 0 atom stereocenters. The van der Waals surface area contributed by atoms with Crippen LogP contribution in [0.4, 0.5) is 5.69 Å². The summed E-state index contributed by atoms with van der Waals surface area (Å²) in [5.41, 5.74) is 6.21. The third kappa shape index (κ3) is 4.14. The minimum absolute atomic E-state index is 0.0405. The van der Waals surface area contributed by atoms with Crippen molar-refractivity contribution in [2.75, 3.05) is 18.1 Å². The standard InChI is InChI=1S/C12H13NO6S2/c13-11-3-1-10-8-12(4-2-9(10)7-11)20(14,15)6-5-19-21(16,17)18/h1-4,7-8H,5-6,13H2,(H,16,17,18). The molecule has 2 rings (SSSR count). The number of nitrogens with two attached hydrogens (primary N) is 1. The zero-order valence-corrected chi connectivity index (χ0v) is 12.4. The summed E-state index contributed by atoms with van der Waals surface area (Å²) in [5, 5.41) is 1.49. The van der Waals surface area contributed by atoms with Gasteiger partial charge < -0.3 is 5.73 Å². The monoisotopic (exact) mass is 331 g/mol. The zero-order valence-electron chi connectivity index (χ0n) is 10.8. The molecule has 3 N–H and O–H groups in total. The van der Waals surface area contributed by atoms with Crippen molar-refractivity contribution in [2.45, 2.75) is 4.90 Å². The Morgan fingerprint density at radius 2 is 1.62 bits per heavy atom. The molecule has 0 bridgehead atoms. The van der Waals surface area contributed by atoms with Crippen LogP contribution in [0, 0.1) is 0 Å². The number of anilines is 1.